The van der Waals surface area contributed by atoms with Crippen LogP contribution in [0.4, 0.5) is 11.4 Å². The van der Waals surface area contributed by atoms with Crippen LogP contribution >= 0.6 is 0 Å². The molecule has 1 heterocycles. The number of hydrogen-bond acceptors (Lipinski definition) is 4. The van der Waals surface area contributed by atoms with Crippen molar-refractivity contribution in [3.05, 3.63) is 59.2 Å². The average molecular weight is 380 g/mol. The number of benzene rings is 2. The van der Waals surface area contributed by atoms with Crippen molar-refractivity contribution in [1.82, 2.24) is 0 Å². The Kier molecular flexibility index (Phi) is 5.78. The molecule has 0 radical (unpaired) electrons. The average Bonchev–Trinajstić information content (AvgIpc) is 3.03. The highest BCUT2D eigenvalue weighted by Crippen LogP contribution is 2.29. The van der Waals surface area contributed by atoms with Gasteiger partial charge in [-0.05, 0) is 44.5 Å². The zero-order valence-electron chi connectivity index (χ0n) is 16.3. The fourth-order valence-electron chi connectivity index (χ4n) is 3.30. The summed E-state index contributed by atoms with van der Waals surface area (Å²) in [4.78, 5) is 38.3. The summed E-state index contributed by atoms with van der Waals surface area (Å²) in [5.74, 6) is -1.62. The maximum absolute atomic E-state index is 12.4. The second-order valence-electron chi connectivity index (χ2n) is 7.22. The minimum Gasteiger partial charge on any atom is -0.455 e. The van der Waals surface area contributed by atoms with E-state index in [4.69, 9.17) is 4.74 Å². The smallest absolute Gasteiger partial charge is 0.311 e. The van der Waals surface area contributed by atoms with Crippen molar-refractivity contribution in [2.45, 2.75) is 27.2 Å². The number of nitrogens with zero attached hydrogens (tertiary/aromatic N) is 1. The number of aryl methyl sites for hydroxylation is 3. The third-order valence-electron chi connectivity index (χ3n) is 4.78. The highest BCUT2D eigenvalue weighted by molar-refractivity contribution is 6.00. The lowest BCUT2D eigenvalue weighted by Crippen LogP contribution is -2.28. The van der Waals surface area contributed by atoms with E-state index in [1.165, 1.54) is 0 Å². The lowest BCUT2D eigenvalue weighted by atomic mass is 10.1. The van der Waals surface area contributed by atoms with Gasteiger partial charge in [0.05, 0.1) is 5.92 Å². The van der Waals surface area contributed by atoms with Gasteiger partial charge >= 0.3 is 5.97 Å². The number of amides is 2. The summed E-state index contributed by atoms with van der Waals surface area (Å²) in [5, 5.41) is 2.68. The third kappa shape index (κ3) is 4.57. The molecule has 6 nitrogen and oxygen atoms in total. The maximum Gasteiger partial charge on any atom is 0.311 e. The summed E-state index contributed by atoms with van der Waals surface area (Å²) in [7, 11) is 0. The first-order chi connectivity index (χ1) is 13.3. The van der Waals surface area contributed by atoms with Gasteiger partial charge in [-0.1, -0.05) is 35.4 Å². The van der Waals surface area contributed by atoms with Gasteiger partial charge in [-0.3, -0.25) is 14.4 Å². The zero-order valence-corrected chi connectivity index (χ0v) is 16.3. The molecule has 1 fully saturated rings. The maximum atomic E-state index is 12.4. The van der Waals surface area contributed by atoms with Crippen molar-refractivity contribution in [2.24, 2.45) is 5.92 Å². The van der Waals surface area contributed by atoms with E-state index in [9.17, 15) is 14.4 Å². The van der Waals surface area contributed by atoms with Crippen LogP contribution in [-0.4, -0.2) is 30.9 Å². The summed E-state index contributed by atoms with van der Waals surface area (Å²) in [6.07, 6.45) is 0.0890. The number of hydrogen-bond donors (Lipinski definition) is 1. The van der Waals surface area contributed by atoms with Gasteiger partial charge in [0, 0.05) is 24.3 Å². The Morgan fingerprint density at radius 1 is 1.07 bits per heavy atom. The van der Waals surface area contributed by atoms with Crippen molar-refractivity contribution < 1.29 is 19.1 Å². The van der Waals surface area contributed by atoms with Crippen LogP contribution in [0.2, 0.25) is 0 Å². The SMILES string of the molecule is Cc1ccc(NC(=O)COC(=O)[C@H]2CC(=O)N(c3ccc(C)cc3C)C2)cc1. The molecule has 3 rings (SSSR count). The van der Waals surface area contributed by atoms with Crippen LogP contribution in [0, 0.1) is 26.7 Å². The first kappa shape index (κ1) is 19.6. The largest absolute Gasteiger partial charge is 0.455 e. The standard InChI is InChI=1S/C22H24N2O4/c1-14-4-7-18(8-5-14)23-20(25)13-28-22(27)17-11-21(26)24(12-17)19-9-6-15(2)10-16(19)3/h4-10,17H,11-13H2,1-3H3,(H,23,25)/t17-/m0/s1. The quantitative estimate of drug-likeness (QED) is 0.809. The van der Waals surface area contributed by atoms with E-state index in [1.54, 1.807) is 17.0 Å². The van der Waals surface area contributed by atoms with E-state index < -0.39 is 17.8 Å². The predicted molar refractivity (Wildman–Crippen MR) is 107 cm³/mol. The number of ether oxygens (including phenoxy) is 1. The van der Waals surface area contributed by atoms with Crippen LogP contribution in [0.5, 0.6) is 0 Å². The van der Waals surface area contributed by atoms with E-state index in [0.29, 0.717) is 5.69 Å². The molecule has 2 amide bonds. The fraction of sp³-hybridized carbons (Fsp3) is 0.318. The van der Waals surface area contributed by atoms with E-state index >= 15 is 0 Å². The fourth-order valence-corrected chi connectivity index (χ4v) is 3.30. The highest BCUT2D eigenvalue weighted by Gasteiger charge is 2.36. The molecular weight excluding hydrogens is 356 g/mol. The summed E-state index contributed by atoms with van der Waals surface area (Å²) in [6.45, 7) is 5.78. The monoisotopic (exact) mass is 380 g/mol. The Bertz CT molecular complexity index is 905. The lowest BCUT2D eigenvalue weighted by Gasteiger charge is -2.19. The Morgan fingerprint density at radius 2 is 1.75 bits per heavy atom. The van der Waals surface area contributed by atoms with Crippen molar-refractivity contribution in [2.75, 3.05) is 23.4 Å². The van der Waals surface area contributed by atoms with Crippen LogP contribution in [0.15, 0.2) is 42.5 Å². The van der Waals surface area contributed by atoms with Crippen molar-refractivity contribution in [3.8, 4) is 0 Å². The van der Waals surface area contributed by atoms with Crippen LogP contribution in [0.1, 0.15) is 23.1 Å². The molecule has 2 aromatic carbocycles. The molecule has 0 spiro atoms. The number of nitrogens with one attached hydrogen (secondary N) is 1. The Labute approximate surface area is 164 Å². The molecule has 1 saturated heterocycles. The molecule has 1 N–H and O–H groups in total. The van der Waals surface area contributed by atoms with Crippen LogP contribution in [0.25, 0.3) is 0 Å². The molecule has 0 unspecified atom stereocenters. The van der Waals surface area contributed by atoms with E-state index in [1.807, 2.05) is 51.1 Å². The molecule has 0 bridgehead atoms. The Hall–Kier alpha value is -3.15. The summed E-state index contributed by atoms with van der Waals surface area (Å²) >= 11 is 0. The molecular formula is C22H24N2O4. The molecule has 1 atom stereocenters. The van der Waals surface area contributed by atoms with Crippen LogP contribution in [0.3, 0.4) is 0 Å². The molecule has 0 aliphatic carbocycles. The normalized spacial score (nSPS) is 16.2. The number of carbonyl (C=O) groups excluding carboxylic acids is 3. The predicted octanol–water partition coefficient (Wildman–Crippen LogP) is 3.15. The topological polar surface area (TPSA) is 75.7 Å². The number of rotatable bonds is 5. The van der Waals surface area contributed by atoms with Crippen molar-refractivity contribution in [1.29, 1.82) is 0 Å². The van der Waals surface area contributed by atoms with Gasteiger partial charge in [-0.25, -0.2) is 0 Å². The van der Waals surface area contributed by atoms with Gasteiger partial charge in [0.1, 0.15) is 0 Å². The second-order valence-corrected chi connectivity index (χ2v) is 7.22. The third-order valence-corrected chi connectivity index (χ3v) is 4.78. The van der Waals surface area contributed by atoms with E-state index in [0.717, 1.165) is 22.4 Å². The zero-order chi connectivity index (χ0) is 20.3. The Morgan fingerprint density at radius 3 is 2.43 bits per heavy atom. The molecule has 0 aromatic heterocycles. The minimum absolute atomic E-state index is 0.0890. The molecule has 28 heavy (non-hydrogen) atoms. The van der Waals surface area contributed by atoms with Gasteiger partial charge in [-0.2, -0.15) is 0 Å². The summed E-state index contributed by atoms with van der Waals surface area (Å²) in [6, 6.07) is 13.2. The first-order valence-electron chi connectivity index (χ1n) is 9.24. The summed E-state index contributed by atoms with van der Waals surface area (Å²) in [5.41, 5.74) is 4.64. The van der Waals surface area contributed by atoms with Crippen molar-refractivity contribution in [3.63, 3.8) is 0 Å². The van der Waals surface area contributed by atoms with E-state index in [-0.39, 0.29) is 25.5 Å². The van der Waals surface area contributed by atoms with Gasteiger partial charge in [0.15, 0.2) is 6.61 Å². The molecule has 146 valence electrons. The molecule has 2 aromatic rings. The lowest BCUT2D eigenvalue weighted by molar-refractivity contribution is -0.151. The first-order valence-corrected chi connectivity index (χ1v) is 9.24. The van der Waals surface area contributed by atoms with E-state index in [2.05, 4.69) is 5.32 Å². The Balaban J connectivity index is 1.54. The minimum atomic E-state index is -0.569. The van der Waals surface area contributed by atoms with Gasteiger partial charge in [-0.15, -0.1) is 0 Å². The molecule has 1 aliphatic heterocycles. The highest BCUT2D eigenvalue weighted by atomic mass is 16.5. The van der Waals surface area contributed by atoms with Gasteiger partial charge < -0.3 is 15.0 Å². The van der Waals surface area contributed by atoms with Crippen LogP contribution in [-0.2, 0) is 19.1 Å². The summed E-state index contributed by atoms with van der Waals surface area (Å²) < 4.78 is 5.14. The van der Waals surface area contributed by atoms with Crippen LogP contribution < -0.4 is 10.2 Å². The molecule has 1 aliphatic rings. The van der Waals surface area contributed by atoms with Crippen molar-refractivity contribution >= 4 is 29.2 Å². The molecule has 0 saturated carbocycles. The second kappa shape index (κ2) is 8.25. The number of carbonyl (C=O) groups is 3. The van der Waals surface area contributed by atoms with Gasteiger partial charge in [0.25, 0.3) is 5.91 Å². The number of anilines is 2. The number of esters is 1. The molecule has 6 heteroatoms. The van der Waals surface area contributed by atoms with Gasteiger partial charge in [0.2, 0.25) is 5.91 Å².